The van der Waals surface area contributed by atoms with Crippen LogP contribution in [0.5, 0.6) is 0 Å². The maximum absolute atomic E-state index is 13.0. The molecule has 0 saturated heterocycles. The maximum atomic E-state index is 13.0. The third-order valence-corrected chi connectivity index (χ3v) is 3.10. The van der Waals surface area contributed by atoms with Crippen molar-refractivity contribution in [1.82, 2.24) is 0 Å². The second-order valence-electron chi connectivity index (χ2n) is 4.64. The standard InChI is InChI=1S/C16H15F3/c1-12-7-9-14(15(11-12)16(17,18)19)10-8-13-5-3-2-4-6-13/h2-7,9,11H,8,10H2,1H3. The maximum Gasteiger partial charge on any atom is 0.416 e. The topological polar surface area (TPSA) is 0 Å². The van der Waals surface area contributed by atoms with Gasteiger partial charge < -0.3 is 0 Å². The predicted octanol–water partition coefficient (Wildman–Crippen LogP) is 4.80. The van der Waals surface area contributed by atoms with Crippen LogP contribution in [0.2, 0.25) is 0 Å². The summed E-state index contributed by atoms with van der Waals surface area (Å²) >= 11 is 0. The normalized spacial score (nSPS) is 11.6. The largest absolute Gasteiger partial charge is 0.416 e. The van der Waals surface area contributed by atoms with Crippen molar-refractivity contribution in [1.29, 1.82) is 0 Å². The monoisotopic (exact) mass is 264 g/mol. The molecule has 19 heavy (non-hydrogen) atoms. The molecule has 0 heterocycles. The molecule has 0 radical (unpaired) electrons. The molecule has 0 amide bonds. The molecule has 2 rings (SSSR count). The van der Waals surface area contributed by atoms with Crippen LogP contribution in [0.1, 0.15) is 22.3 Å². The highest BCUT2D eigenvalue weighted by Crippen LogP contribution is 2.33. The van der Waals surface area contributed by atoms with Crippen LogP contribution in [-0.2, 0) is 19.0 Å². The van der Waals surface area contributed by atoms with Gasteiger partial charge in [-0.15, -0.1) is 0 Å². The molecule has 3 heteroatoms. The Bertz CT molecular complexity index is 542. The third-order valence-electron chi connectivity index (χ3n) is 3.10. The molecule has 0 N–H and O–H groups in total. The second-order valence-corrected chi connectivity index (χ2v) is 4.64. The molecule has 0 bridgehead atoms. The van der Waals surface area contributed by atoms with Crippen LogP contribution >= 0.6 is 0 Å². The Morgan fingerprint density at radius 2 is 1.58 bits per heavy atom. The van der Waals surface area contributed by atoms with Gasteiger partial charge in [0.05, 0.1) is 5.56 Å². The number of benzene rings is 2. The molecule has 0 aliphatic rings. The number of aryl methyl sites for hydroxylation is 3. The molecule has 2 aromatic rings. The van der Waals surface area contributed by atoms with Gasteiger partial charge in [0.2, 0.25) is 0 Å². The van der Waals surface area contributed by atoms with E-state index in [2.05, 4.69) is 0 Å². The summed E-state index contributed by atoms with van der Waals surface area (Å²) in [5.41, 5.74) is 1.54. The minimum Gasteiger partial charge on any atom is -0.166 e. The van der Waals surface area contributed by atoms with E-state index in [1.54, 1.807) is 19.1 Å². The Hall–Kier alpha value is -1.77. The molecule has 0 nitrogen and oxygen atoms in total. The van der Waals surface area contributed by atoms with E-state index < -0.39 is 11.7 Å². The molecule has 0 saturated carbocycles. The fraction of sp³-hybridized carbons (Fsp3) is 0.250. The average Bonchev–Trinajstić information content (AvgIpc) is 2.37. The number of halogens is 3. The lowest BCUT2D eigenvalue weighted by Gasteiger charge is -2.13. The van der Waals surface area contributed by atoms with Crippen LogP contribution in [0.25, 0.3) is 0 Å². The molecule has 0 unspecified atom stereocenters. The second kappa shape index (κ2) is 5.47. The molecular weight excluding hydrogens is 249 g/mol. The molecule has 0 aromatic heterocycles. The highest BCUT2D eigenvalue weighted by molar-refractivity contribution is 5.34. The van der Waals surface area contributed by atoms with Crippen LogP contribution in [0.4, 0.5) is 13.2 Å². The van der Waals surface area contributed by atoms with Gasteiger partial charge in [-0.3, -0.25) is 0 Å². The summed E-state index contributed by atoms with van der Waals surface area (Å²) in [6, 6.07) is 14.1. The van der Waals surface area contributed by atoms with E-state index >= 15 is 0 Å². The molecule has 0 fully saturated rings. The number of alkyl halides is 3. The van der Waals surface area contributed by atoms with Gasteiger partial charge in [-0.1, -0.05) is 48.0 Å². The number of hydrogen-bond acceptors (Lipinski definition) is 0. The van der Waals surface area contributed by atoms with Gasteiger partial charge >= 0.3 is 6.18 Å². The number of hydrogen-bond donors (Lipinski definition) is 0. The van der Waals surface area contributed by atoms with E-state index in [1.807, 2.05) is 30.3 Å². The smallest absolute Gasteiger partial charge is 0.166 e. The van der Waals surface area contributed by atoms with Gasteiger partial charge in [0, 0.05) is 0 Å². The van der Waals surface area contributed by atoms with Crippen molar-refractivity contribution in [3.8, 4) is 0 Å². The van der Waals surface area contributed by atoms with E-state index in [4.69, 9.17) is 0 Å². The summed E-state index contributed by atoms with van der Waals surface area (Å²) in [5, 5.41) is 0. The van der Waals surface area contributed by atoms with Crippen molar-refractivity contribution >= 4 is 0 Å². The summed E-state index contributed by atoms with van der Waals surface area (Å²) < 4.78 is 38.9. The molecule has 0 atom stereocenters. The molecule has 0 aliphatic carbocycles. The summed E-state index contributed by atoms with van der Waals surface area (Å²) in [7, 11) is 0. The lowest BCUT2D eigenvalue weighted by atomic mass is 9.98. The molecule has 100 valence electrons. The zero-order valence-electron chi connectivity index (χ0n) is 10.7. The fourth-order valence-electron chi connectivity index (χ4n) is 2.10. The highest BCUT2D eigenvalue weighted by Gasteiger charge is 2.33. The fourth-order valence-corrected chi connectivity index (χ4v) is 2.10. The van der Waals surface area contributed by atoms with E-state index in [9.17, 15) is 13.2 Å². The minimum atomic E-state index is -4.28. The third kappa shape index (κ3) is 3.60. The van der Waals surface area contributed by atoms with Crippen LogP contribution in [0.3, 0.4) is 0 Å². The zero-order chi connectivity index (χ0) is 13.9. The van der Waals surface area contributed by atoms with Crippen LogP contribution < -0.4 is 0 Å². The van der Waals surface area contributed by atoms with Gasteiger partial charge in [-0.25, -0.2) is 0 Å². The van der Waals surface area contributed by atoms with Gasteiger partial charge in [0.15, 0.2) is 0 Å². The Morgan fingerprint density at radius 1 is 0.895 bits per heavy atom. The first-order valence-electron chi connectivity index (χ1n) is 6.17. The summed E-state index contributed by atoms with van der Waals surface area (Å²) in [4.78, 5) is 0. The van der Waals surface area contributed by atoms with Crippen molar-refractivity contribution in [2.75, 3.05) is 0 Å². The van der Waals surface area contributed by atoms with Crippen molar-refractivity contribution in [2.45, 2.75) is 25.9 Å². The average molecular weight is 264 g/mol. The van der Waals surface area contributed by atoms with Crippen LogP contribution in [0, 0.1) is 6.92 Å². The van der Waals surface area contributed by atoms with Gasteiger partial charge in [0.1, 0.15) is 0 Å². The molecular formula is C16H15F3. The van der Waals surface area contributed by atoms with Crippen molar-refractivity contribution in [3.63, 3.8) is 0 Å². The lowest BCUT2D eigenvalue weighted by Crippen LogP contribution is -2.10. The quantitative estimate of drug-likeness (QED) is 0.747. The van der Waals surface area contributed by atoms with Gasteiger partial charge in [0.25, 0.3) is 0 Å². The summed E-state index contributed by atoms with van der Waals surface area (Å²) in [5.74, 6) is 0. The Balaban J connectivity index is 2.21. The SMILES string of the molecule is Cc1ccc(CCc2ccccc2)c(C(F)(F)F)c1. The molecule has 2 aromatic carbocycles. The first-order chi connectivity index (χ1) is 8.97. The van der Waals surface area contributed by atoms with Crippen LogP contribution in [0.15, 0.2) is 48.5 Å². The van der Waals surface area contributed by atoms with Crippen molar-refractivity contribution < 1.29 is 13.2 Å². The minimum absolute atomic E-state index is 0.363. The van der Waals surface area contributed by atoms with Gasteiger partial charge in [-0.2, -0.15) is 13.2 Å². The predicted molar refractivity (Wildman–Crippen MR) is 70.0 cm³/mol. The summed E-state index contributed by atoms with van der Waals surface area (Å²) in [6.45, 7) is 1.68. The molecule has 0 aliphatic heterocycles. The Kier molecular flexibility index (Phi) is 3.93. The van der Waals surface area contributed by atoms with Gasteiger partial charge in [-0.05, 0) is 37.0 Å². The van der Waals surface area contributed by atoms with Crippen LogP contribution in [-0.4, -0.2) is 0 Å². The highest BCUT2D eigenvalue weighted by atomic mass is 19.4. The summed E-state index contributed by atoms with van der Waals surface area (Å²) in [6.07, 6.45) is -3.26. The number of rotatable bonds is 3. The Labute approximate surface area is 110 Å². The van der Waals surface area contributed by atoms with E-state index in [0.717, 1.165) is 5.56 Å². The zero-order valence-corrected chi connectivity index (χ0v) is 10.7. The van der Waals surface area contributed by atoms with E-state index in [-0.39, 0.29) is 0 Å². The Morgan fingerprint density at radius 3 is 2.21 bits per heavy atom. The first kappa shape index (κ1) is 13.7. The van der Waals surface area contributed by atoms with E-state index in [0.29, 0.717) is 24.0 Å². The lowest BCUT2D eigenvalue weighted by molar-refractivity contribution is -0.138. The van der Waals surface area contributed by atoms with Crippen molar-refractivity contribution in [2.24, 2.45) is 0 Å². The first-order valence-corrected chi connectivity index (χ1v) is 6.17. The van der Waals surface area contributed by atoms with Crippen molar-refractivity contribution in [3.05, 3.63) is 70.8 Å². The molecule has 0 spiro atoms. The van der Waals surface area contributed by atoms with E-state index in [1.165, 1.54) is 6.07 Å².